The van der Waals surface area contributed by atoms with Crippen LogP contribution in [-0.4, -0.2) is 65.6 Å². The van der Waals surface area contributed by atoms with Crippen molar-refractivity contribution in [3.05, 3.63) is 12.4 Å². The highest BCUT2D eigenvalue weighted by Crippen LogP contribution is 2.23. The second kappa shape index (κ2) is 10.6. The molecule has 3 heterocycles. The lowest BCUT2D eigenvalue weighted by molar-refractivity contribution is 0.172. The van der Waals surface area contributed by atoms with E-state index in [0.29, 0.717) is 24.1 Å². The van der Waals surface area contributed by atoms with Crippen LogP contribution in [0.4, 0.5) is 10.7 Å². The summed E-state index contributed by atoms with van der Waals surface area (Å²) in [7, 11) is 0. The largest absolute Gasteiger partial charge is 0.490 e. The van der Waals surface area contributed by atoms with Crippen molar-refractivity contribution in [2.75, 3.05) is 37.7 Å². The Kier molecular flexibility index (Phi) is 7.84. The number of amides is 2. The molecule has 2 aliphatic heterocycles. The van der Waals surface area contributed by atoms with Gasteiger partial charge in [-0.2, -0.15) is 4.99 Å². The van der Waals surface area contributed by atoms with Crippen LogP contribution < -0.4 is 21.1 Å². The Labute approximate surface area is 178 Å². The minimum Gasteiger partial charge on any atom is -0.490 e. The van der Waals surface area contributed by atoms with Crippen LogP contribution >= 0.6 is 0 Å². The fourth-order valence-corrected chi connectivity index (χ4v) is 3.80. The van der Waals surface area contributed by atoms with Gasteiger partial charge in [0.2, 0.25) is 5.95 Å². The van der Waals surface area contributed by atoms with E-state index in [2.05, 4.69) is 19.9 Å². The van der Waals surface area contributed by atoms with Crippen LogP contribution in [0.1, 0.15) is 46.0 Å². The number of carbonyl (C=O) groups excluding carboxylic acids is 1. The first-order valence-corrected chi connectivity index (χ1v) is 11.0. The highest BCUT2D eigenvalue weighted by atomic mass is 16.5. The minimum absolute atomic E-state index is 0.0895. The molecule has 0 radical (unpaired) electrons. The van der Waals surface area contributed by atoms with E-state index in [1.165, 1.54) is 0 Å². The van der Waals surface area contributed by atoms with Crippen molar-refractivity contribution >= 4 is 17.8 Å². The Bertz CT molecular complexity index is 715. The highest BCUT2D eigenvalue weighted by molar-refractivity contribution is 5.93. The zero-order valence-electron chi connectivity index (χ0n) is 18.2. The number of carbonyl (C=O) groups is 1. The maximum absolute atomic E-state index is 12.2. The zero-order valence-corrected chi connectivity index (χ0v) is 18.2. The summed E-state index contributed by atoms with van der Waals surface area (Å²) in [6.45, 7) is 7.72. The number of anilines is 1. The van der Waals surface area contributed by atoms with Gasteiger partial charge in [-0.1, -0.05) is 13.8 Å². The van der Waals surface area contributed by atoms with E-state index in [-0.39, 0.29) is 18.0 Å². The van der Waals surface area contributed by atoms with Crippen molar-refractivity contribution in [3.8, 4) is 5.75 Å². The summed E-state index contributed by atoms with van der Waals surface area (Å²) < 4.78 is 5.80. The molecule has 9 nitrogen and oxygen atoms in total. The first-order valence-electron chi connectivity index (χ1n) is 11.0. The van der Waals surface area contributed by atoms with E-state index in [9.17, 15) is 4.79 Å². The fraction of sp³-hybridized carbons (Fsp3) is 0.714. The average molecular weight is 418 g/mol. The normalized spacial score (nSPS) is 20.8. The third-order valence-electron chi connectivity index (χ3n) is 5.85. The van der Waals surface area contributed by atoms with Crippen LogP contribution in [0.15, 0.2) is 17.4 Å². The fourth-order valence-electron chi connectivity index (χ4n) is 3.80. The molecule has 3 rings (SSSR count). The molecule has 2 fully saturated rings. The van der Waals surface area contributed by atoms with Crippen LogP contribution in [0, 0.1) is 11.8 Å². The van der Waals surface area contributed by atoms with E-state index < -0.39 is 0 Å². The van der Waals surface area contributed by atoms with Gasteiger partial charge in [0.25, 0.3) is 0 Å². The summed E-state index contributed by atoms with van der Waals surface area (Å²) >= 11 is 0. The molecular formula is C21H35N7O2. The first-order chi connectivity index (χ1) is 14.4. The number of amidine groups is 1. The smallest absolute Gasteiger partial charge is 0.345 e. The molecular weight excluding hydrogens is 382 g/mol. The molecule has 2 aliphatic rings. The third-order valence-corrected chi connectivity index (χ3v) is 5.85. The number of likely N-dealkylation sites (tertiary alicyclic amines) is 1. The number of hydrogen-bond acceptors (Lipinski definition) is 6. The van der Waals surface area contributed by atoms with Gasteiger partial charge in [-0.3, -0.25) is 0 Å². The second-order valence-electron chi connectivity index (χ2n) is 8.61. The van der Waals surface area contributed by atoms with Crippen LogP contribution in [0.5, 0.6) is 5.75 Å². The maximum Gasteiger partial charge on any atom is 0.345 e. The lowest BCUT2D eigenvalue weighted by atomic mass is 9.92. The Morgan fingerprint density at radius 3 is 2.53 bits per heavy atom. The number of ether oxygens (including phenoxy) is 1. The van der Waals surface area contributed by atoms with Crippen LogP contribution in [-0.2, 0) is 0 Å². The SMILES string of the molecule is CC(C)/C(N)=N/C(=O)N1CCC(CCCOc2cnc(N3CCC(N)C3)nc2)CC1. The predicted molar refractivity (Wildman–Crippen MR) is 118 cm³/mol. The van der Waals surface area contributed by atoms with E-state index in [1.807, 2.05) is 13.8 Å². The van der Waals surface area contributed by atoms with Crippen molar-refractivity contribution in [1.82, 2.24) is 14.9 Å². The Morgan fingerprint density at radius 1 is 1.23 bits per heavy atom. The zero-order chi connectivity index (χ0) is 21.5. The molecule has 0 spiro atoms. The molecule has 2 saturated heterocycles. The summed E-state index contributed by atoms with van der Waals surface area (Å²) in [6, 6.07) is 0.00255. The van der Waals surface area contributed by atoms with Gasteiger partial charge >= 0.3 is 6.03 Å². The van der Waals surface area contributed by atoms with Crippen molar-refractivity contribution in [3.63, 3.8) is 0 Å². The summed E-state index contributed by atoms with van der Waals surface area (Å²) in [5.41, 5.74) is 11.7. The summed E-state index contributed by atoms with van der Waals surface area (Å²) in [4.78, 5) is 28.9. The summed E-state index contributed by atoms with van der Waals surface area (Å²) in [5, 5.41) is 0. The highest BCUT2D eigenvalue weighted by Gasteiger charge is 2.23. The van der Waals surface area contributed by atoms with Gasteiger partial charge in [-0.25, -0.2) is 14.8 Å². The number of hydrogen-bond donors (Lipinski definition) is 2. The molecule has 30 heavy (non-hydrogen) atoms. The molecule has 2 amide bonds. The number of nitrogens with zero attached hydrogens (tertiary/aromatic N) is 5. The van der Waals surface area contributed by atoms with E-state index in [1.54, 1.807) is 17.3 Å². The second-order valence-corrected chi connectivity index (χ2v) is 8.61. The summed E-state index contributed by atoms with van der Waals surface area (Å²) in [5.74, 6) is 2.52. The molecule has 0 aliphatic carbocycles. The molecule has 4 N–H and O–H groups in total. The molecule has 1 aromatic heterocycles. The first kappa shape index (κ1) is 22.3. The Hall–Kier alpha value is -2.42. The molecule has 1 aromatic rings. The maximum atomic E-state index is 12.2. The summed E-state index contributed by atoms with van der Waals surface area (Å²) in [6.07, 6.45) is 8.51. The van der Waals surface area contributed by atoms with Gasteiger partial charge in [-0.15, -0.1) is 0 Å². The molecule has 166 valence electrons. The number of nitrogens with two attached hydrogens (primary N) is 2. The molecule has 0 saturated carbocycles. The van der Waals surface area contributed by atoms with Gasteiger partial charge in [0.05, 0.1) is 19.0 Å². The average Bonchev–Trinajstić information content (AvgIpc) is 3.18. The van der Waals surface area contributed by atoms with Crippen LogP contribution in [0.2, 0.25) is 0 Å². The standard InChI is InChI=1S/C21H35N7O2/c1-15(2)19(23)26-21(29)27-8-5-16(6-9-27)4-3-11-30-18-12-24-20(25-13-18)28-10-7-17(22)14-28/h12-13,15-17H,3-11,14,22H2,1-2H3,(H2,23,26,29). The number of rotatable bonds is 7. The number of aromatic nitrogens is 2. The predicted octanol–water partition coefficient (Wildman–Crippen LogP) is 2.02. The molecule has 9 heteroatoms. The van der Waals surface area contributed by atoms with Crippen molar-refractivity contribution in [2.24, 2.45) is 28.3 Å². The molecule has 0 aromatic carbocycles. The Morgan fingerprint density at radius 2 is 1.93 bits per heavy atom. The molecule has 1 unspecified atom stereocenters. The van der Waals surface area contributed by atoms with Crippen LogP contribution in [0.3, 0.4) is 0 Å². The third kappa shape index (κ3) is 6.29. The Balaban J connectivity index is 1.32. The molecule has 0 bridgehead atoms. The molecule has 1 atom stereocenters. The van der Waals surface area contributed by atoms with E-state index >= 15 is 0 Å². The van der Waals surface area contributed by atoms with Crippen molar-refractivity contribution in [1.29, 1.82) is 0 Å². The van der Waals surface area contributed by atoms with Crippen molar-refractivity contribution in [2.45, 2.75) is 52.0 Å². The quantitative estimate of drug-likeness (QED) is 0.395. The van der Waals surface area contributed by atoms with E-state index in [4.69, 9.17) is 16.2 Å². The van der Waals surface area contributed by atoms with Gasteiger partial charge in [0.1, 0.15) is 5.84 Å². The van der Waals surface area contributed by atoms with Gasteiger partial charge in [-0.05, 0) is 38.0 Å². The number of piperidine rings is 1. The van der Waals surface area contributed by atoms with E-state index in [0.717, 1.165) is 64.2 Å². The topological polar surface area (TPSA) is 123 Å². The monoisotopic (exact) mass is 417 g/mol. The lowest BCUT2D eigenvalue weighted by Crippen LogP contribution is -2.38. The number of aliphatic imine (C=N–C) groups is 1. The van der Waals surface area contributed by atoms with Crippen molar-refractivity contribution < 1.29 is 9.53 Å². The van der Waals surface area contributed by atoms with Gasteiger partial charge < -0.3 is 26.0 Å². The minimum atomic E-state index is -0.206. The van der Waals surface area contributed by atoms with Crippen LogP contribution in [0.25, 0.3) is 0 Å². The number of urea groups is 1. The lowest BCUT2D eigenvalue weighted by Gasteiger charge is -2.30. The van der Waals surface area contributed by atoms with Gasteiger partial charge in [0.15, 0.2) is 5.75 Å². The van der Waals surface area contributed by atoms with Gasteiger partial charge in [0, 0.05) is 38.1 Å².